The summed E-state index contributed by atoms with van der Waals surface area (Å²) in [5.74, 6) is -0.623. The number of esters is 2. The number of hydrogen-bond acceptors (Lipinski definition) is 6. The first kappa shape index (κ1) is 29.9. The highest BCUT2D eigenvalue weighted by atomic mass is 16.5. The normalized spacial score (nSPS) is 21.7. The van der Waals surface area contributed by atoms with Crippen LogP contribution < -0.4 is 5.32 Å². The molecule has 0 unspecified atom stereocenters. The number of unbranched alkanes of at least 4 members (excludes halogenated alkanes) is 5. The smallest absolute Gasteiger partial charge is 0.328 e. The van der Waals surface area contributed by atoms with Crippen molar-refractivity contribution in [1.29, 1.82) is 0 Å². The Morgan fingerprint density at radius 1 is 1.03 bits per heavy atom. The molecule has 1 fully saturated rings. The third-order valence-electron chi connectivity index (χ3n) is 7.66. The summed E-state index contributed by atoms with van der Waals surface area (Å²) in [4.78, 5) is 41.3. The number of rotatable bonds is 16. The first-order chi connectivity index (χ1) is 18.5. The van der Waals surface area contributed by atoms with E-state index in [1.165, 1.54) is 19.3 Å². The Kier molecular flexibility index (Phi) is 12.3. The molecule has 1 aromatic rings. The largest absolute Gasteiger partial charge is 0.465 e. The standard InChI is InChI=1S/C31H46N2O5/c1-4-6-7-8-9-13-21-38-31(36)28-22-25-17-14-18-27(25)33(28)29(34)23(3)32-26(30(35)37-5-2)20-19-24-15-11-10-12-16-24/h10-12,14-16,18,23,25-28,32H,4-9,13,17,19-22H2,1-3H3/t23-,25-,26-,27+,28-/m0/s1. The van der Waals surface area contributed by atoms with Gasteiger partial charge in [0, 0.05) is 0 Å². The van der Waals surface area contributed by atoms with Gasteiger partial charge in [-0.3, -0.25) is 14.9 Å². The Hall–Kier alpha value is -2.67. The monoisotopic (exact) mass is 526 g/mol. The molecule has 7 nitrogen and oxygen atoms in total. The molecule has 1 N–H and O–H groups in total. The molecule has 0 spiro atoms. The van der Waals surface area contributed by atoms with Crippen LogP contribution in [0.3, 0.4) is 0 Å². The number of carbonyl (C=O) groups is 3. The molecular weight excluding hydrogens is 480 g/mol. The molecule has 1 aliphatic carbocycles. The molecule has 5 atom stereocenters. The molecule has 1 amide bonds. The van der Waals surface area contributed by atoms with Crippen LogP contribution in [0.5, 0.6) is 0 Å². The van der Waals surface area contributed by atoms with E-state index in [0.29, 0.717) is 25.9 Å². The van der Waals surface area contributed by atoms with E-state index in [2.05, 4.69) is 18.3 Å². The van der Waals surface area contributed by atoms with E-state index >= 15 is 0 Å². The van der Waals surface area contributed by atoms with Crippen LogP contribution in [0.2, 0.25) is 0 Å². The lowest BCUT2D eigenvalue weighted by Gasteiger charge is -2.31. The van der Waals surface area contributed by atoms with Crippen LogP contribution in [0.25, 0.3) is 0 Å². The first-order valence-corrected chi connectivity index (χ1v) is 14.6. The van der Waals surface area contributed by atoms with E-state index in [1.54, 1.807) is 18.7 Å². The predicted octanol–water partition coefficient (Wildman–Crippen LogP) is 4.98. The van der Waals surface area contributed by atoms with Gasteiger partial charge >= 0.3 is 11.9 Å². The van der Waals surface area contributed by atoms with Gasteiger partial charge in [-0.25, -0.2) is 4.79 Å². The van der Waals surface area contributed by atoms with Crippen LogP contribution in [-0.4, -0.2) is 60.1 Å². The number of hydrogen-bond donors (Lipinski definition) is 1. The molecule has 38 heavy (non-hydrogen) atoms. The van der Waals surface area contributed by atoms with E-state index in [1.807, 2.05) is 36.4 Å². The number of likely N-dealkylation sites (tertiary alicyclic amines) is 1. The van der Waals surface area contributed by atoms with Gasteiger partial charge in [-0.1, -0.05) is 81.5 Å². The molecule has 0 radical (unpaired) electrons. The zero-order chi connectivity index (χ0) is 27.3. The van der Waals surface area contributed by atoms with Crippen molar-refractivity contribution >= 4 is 17.8 Å². The van der Waals surface area contributed by atoms with Crippen LogP contribution in [0, 0.1) is 5.92 Å². The van der Waals surface area contributed by atoms with Gasteiger partial charge in [0.15, 0.2) is 0 Å². The summed E-state index contributed by atoms with van der Waals surface area (Å²) < 4.78 is 10.9. The number of allylic oxidation sites excluding steroid dienone is 1. The van der Waals surface area contributed by atoms with E-state index in [4.69, 9.17) is 9.47 Å². The molecule has 1 aromatic carbocycles. The highest BCUT2D eigenvalue weighted by Crippen LogP contribution is 2.38. The van der Waals surface area contributed by atoms with E-state index < -0.39 is 18.1 Å². The van der Waals surface area contributed by atoms with Gasteiger partial charge < -0.3 is 14.4 Å². The fourth-order valence-electron chi connectivity index (χ4n) is 5.58. The number of fused-ring (bicyclic) bond motifs is 1. The predicted molar refractivity (Wildman–Crippen MR) is 148 cm³/mol. The number of ether oxygens (including phenoxy) is 2. The van der Waals surface area contributed by atoms with Crippen LogP contribution in [0.1, 0.15) is 84.1 Å². The lowest BCUT2D eigenvalue weighted by molar-refractivity contribution is -0.155. The summed E-state index contributed by atoms with van der Waals surface area (Å²) in [6, 6.07) is 7.98. The molecule has 210 valence electrons. The Balaban J connectivity index is 1.60. The van der Waals surface area contributed by atoms with Crippen LogP contribution in [0.4, 0.5) is 0 Å². The summed E-state index contributed by atoms with van der Waals surface area (Å²) >= 11 is 0. The molecular formula is C31H46N2O5. The van der Waals surface area contributed by atoms with Gasteiger partial charge in [0.2, 0.25) is 5.91 Å². The zero-order valence-corrected chi connectivity index (χ0v) is 23.4. The average Bonchev–Trinajstić information content (AvgIpc) is 3.52. The second-order valence-electron chi connectivity index (χ2n) is 10.6. The summed E-state index contributed by atoms with van der Waals surface area (Å²) in [7, 11) is 0. The number of nitrogens with one attached hydrogen (secondary N) is 1. The van der Waals surface area contributed by atoms with Crippen LogP contribution in [-0.2, 0) is 30.3 Å². The van der Waals surface area contributed by atoms with Gasteiger partial charge in [-0.15, -0.1) is 0 Å². The molecule has 0 aromatic heterocycles. The maximum atomic E-state index is 13.7. The molecule has 1 heterocycles. The van der Waals surface area contributed by atoms with Gasteiger partial charge in [-0.2, -0.15) is 0 Å². The Bertz CT molecular complexity index is 918. The van der Waals surface area contributed by atoms with Gasteiger partial charge in [0.1, 0.15) is 12.1 Å². The zero-order valence-electron chi connectivity index (χ0n) is 23.4. The van der Waals surface area contributed by atoms with Crippen molar-refractivity contribution in [3.05, 3.63) is 48.0 Å². The Labute approximate surface area is 228 Å². The van der Waals surface area contributed by atoms with Gasteiger partial charge in [-0.05, 0) is 57.4 Å². The quantitative estimate of drug-likeness (QED) is 0.186. The van der Waals surface area contributed by atoms with Crippen molar-refractivity contribution in [2.75, 3.05) is 13.2 Å². The fourth-order valence-corrected chi connectivity index (χ4v) is 5.58. The third kappa shape index (κ3) is 8.42. The Morgan fingerprint density at radius 2 is 1.76 bits per heavy atom. The molecule has 2 aliphatic rings. The summed E-state index contributed by atoms with van der Waals surface area (Å²) in [6.45, 7) is 6.41. The summed E-state index contributed by atoms with van der Waals surface area (Å²) in [5.41, 5.74) is 1.12. The fraction of sp³-hybridized carbons (Fsp3) is 0.645. The summed E-state index contributed by atoms with van der Waals surface area (Å²) in [6.07, 6.45) is 13.5. The maximum Gasteiger partial charge on any atom is 0.328 e. The number of carbonyl (C=O) groups excluding carboxylic acids is 3. The number of benzene rings is 1. The lowest BCUT2D eigenvalue weighted by Crippen LogP contribution is -2.55. The molecule has 1 saturated heterocycles. The van der Waals surface area contributed by atoms with E-state index in [0.717, 1.165) is 31.2 Å². The first-order valence-electron chi connectivity index (χ1n) is 14.6. The minimum absolute atomic E-state index is 0.108. The topological polar surface area (TPSA) is 84.9 Å². The van der Waals surface area contributed by atoms with Crippen LogP contribution >= 0.6 is 0 Å². The average molecular weight is 527 g/mol. The van der Waals surface area contributed by atoms with E-state index in [-0.39, 0.29) is 36.4 Å². The molecule has 0 saturated carbocycles. The summed E-state index contributed by atoms with van der Waals surface area (Å²) in [5, 5.41) is 3.22. The minimum atomic E-state index is -0.651. The van der Waals surface area contributed by atoms with Crippen molar-refractivity contribution in [1.82, 2.24) is 10.2 Å². The third-order valence-corrected chi connectivity index (χ3v) is 7.66. The maximum absolute atomic E-state index is 13.7. The van der Waals surface area contributed by atoms with Gasteiger partial charge in [0.05, 0.1) is 25.3 Å². The Morgan fingerprint density at radius 3 is 2.50 bits per heavy atom. The molecule has 3 rings (SSSR count). The van der Waals surface area contributed by atoms with Crippen molar-refractivity contribution in [2.45, 2.75) is 109 Å². The number of amides is 1. The second kappa shape index (κ2) is 15.7. The van der Waals surface area contributed by atoms with Gasteiger partial charge in [0.25, 0.3) is 0 Å². The van der Waals surface area contributed by atoms with E-state index in [9.17, 15) is 14.4 Å². The van der Waals surface area contributed by atoms with Crippen LogP contribution in [0.15, 0.2) is 42.5 Å². The second-order valence-corrected chi connectivity index (χ2v) is 10.6. The molecule has 7 heteroatoms. The molecule has 1 aliphatic heterocycles. The van der Waals surface area contributed by atoms with Crippen molar-refractivity contribution in [3.63, 3.8) is 0 Å². The van der Waals surface area contributed by atoms with Crippen molar-refractivity contribution in [2.24, 2.45) is 5.92 Å². The molecule has 0 bridgehead atoms. The lowest BCUT2D eigenvalue weighted by atomic mass is 10.0. The highest BCUT2D eigenvalue weighted by molar-refractivity contribution is 5.89. The van der Waals surface area contributed by atoms with Crippen molar-refractivity contribution < 1.29 is 23.9 Å². The minimum Gasteiger partial charge on any atom is -0.465 e. The highest BCUT2D eigenvalue weighted by Gasteiger charge is 2.48. The SMILES string of the molecule is CCCCCCCCOC(=O)[C@@H]1C[C@@H]2CC=C[C@H]2N1C(=O)[C@H](C)N[C@@H](CCc1ccccc1)C(=O)OCC. The number of aryl methyl sites for hydroxylation is 1. The van der Waals surface area contributed by atoms with Crippen molar-refractivity contribution in [3.8, 4) is 0 Å². The number of nitrogens with zero attached hydrogens (tertiary/aromatic N) is 1.